The summed E-state index contributed by atoms with van der Waals surface area (Å²) in [6, 6.07) is 9.50. The van der Waals surface area contributed by atoms with Crippen LogP contribution in [0.2, 0.25) is 0 Å². The van der Waals surface area contributed by atoms with Crippen LogP contribution in [0.15, 0.2) is 35.1 Å². The number of methoxy groups -OCH3 is 1. The van der Waals surface area contributed by atoms with Crippen LogP contribution in [0.5, 0.6) is 5.75 Å². The van der Waals surface area contributed by atoms with E-state index in [4.69, 9.17) is 4.74 Å². The highest BCUT2D eigenvalue weighted by atomic mass is 16.5. The zero-order valence-corrected chi connectivity index (χ0v) is 14.7. The maximum Gasteiger partial charge on any atom is 0.261 e. The smallest absolute Gasteiger partial charge is 0.261 e. The number of nitrogens with one attached hydrogen (secondary N) is 2. The Balaban J connectivity index is 1.63. The number of carbonyl (C=O) groups is 1. The lowest BCUT2D eigenvalue weighted by Crippen LogP contribution is -2.32. The normalized spacial score (nSPS) is 16.2. The van der Waals surface area contributed by atoms with E-state index in [9.17, 15) is 9.59 Å². The Morgan fingerprint density at radius 1 is 1.32 bits per heavy atom. The number of hydrogen-bond donors (Lipinski definition) is 2. The van der Waals surface area contributed by atoms with Gasteiger partial charge in [-0.1, -0.05) is 19.1 Å². The van der Waals surface area contributed by atoms with Gasteiger partial charge in [0, 0.05) is 12.2 Å². The first-order valence-corrected chi connectivity index (χ1v) is 8.73. The Kier molecular flexibility index (Phi) is 5.22. The minimum absolute atomic E-state index is 0.211. The molecule has 25 heavy (non-hydrogen) atoms. The van der Waals surface area contributed by atoms with Crippen LogP contribution in [0, 0.1) is 5.92 Å². The molecule has 0 unspecified atom stereocenters. The number of hydrogen-bond acceptors (Lipinski definition) is 3. The lowest BCUT2D eigenvalue weighted by Gasteiger charge is -2.21. The molecular weight excluding hydrogens is 316 g/mol. The highest BCUT2D eigenvalue weighted by Gasteiger charge is 2.19. The zero-order valence-electron chi connectivity index (χ0n) is 14.7. The first kappa shape index (κ1) is 17.3. The van der Waals surface area contributed by atoms with E-state index in [1.807, 2.05) is 24.3 Å². The largest absolute Gasteiger partial charge is 0.497 e. The number of fused-ring (bicyclic) bond motifs is 1. The third kappa shape index (κ3) is 4.10. The van der Waals surface area contributed by atoms with Gasteiger partial charge in [0.05, 0.1) is 7.11 Å². The van der Waals surface area contributed by atoms with Crippen molar-refractivity contribution in [1.29, 1.82) is 0 Å². The molecule has 1 aromatic carbocycles. The fourth-order valence-corrected chi connectivity index (χ4v) is 3.26. The van der Waals surface area contributed by atoms with Gasteiger partial charge in [0.15, 0.2) is 0 Å². The predicted octanol–water partition coefficient (Wildman–Crippen LogP) is 2.48. The Morgan fingerprint density at radius 3 is 2.80 bits per heavy atom. The Morgan fingerprint density at radius 2 is 2.08 bits per heavy atom. The second kappa shape index (κ2) is 7.55. The maximum absolute atomic E-state index is 12.4. The molecule has 1 aliphatic carbocycles. The molecule has 1 amide bonds. The zero-order chi connectivity index (χ0) is 17.8. The van der Waals surface area contributed by atoms with Crippen LogP contribution >= 0.6 is 0 Å². The molecule has 0 radical (unpaired) electrons. The minimum Gasteiger partial charge on any atom is -0.497 e. The SMILES string of the molecule is COc1ccc(CCNC(=O)c2cc3c([nH]c2=O)CC[C@H](C)C3)cc1. The average molecular weight is 340 g/mol. The first-order chi connectivity index (χ1) is 12.1. The van der Waals surface area contributed by atoms with E-state index in [2.05, 4.69) is 17.2 Å². The quantitative estimate of drug-likeness (QED) is 0.878. The number of benzene rings is 1. The van der Waals surface area contributed by atoms with Crippen LogP contribution < -0.4 is 15.6 Å². The van der Waals surface area contributed by atoms with Crippen molar-refractivity contribution >= 4 is 5.91 Å². The Hall–Kier alpha value is -2.56. The van der Waals surface area contributed by atoms with Crippen LogP contribution in [0.3, 0.4) is 0 Å². The first-order valence-electron chi connectivity index (χ1n) is 8.73. The summed E-state index contributed by atoms with van der Waals surface area (Å²) in [5, 5.41) is 2.84. The van der Waals surface area contributed by atoms with Crippen molar-refractivity contribution in [2.45, 2.75) is 32.6 Å². The molecule has 2 N–H and O–H groups in total. The second-order valence-electron chi connectivity index (χ2n) is 6.72. The molecule has 0 fully saturated rings. The summed E-state index contributed by atoms with van der Waals surface area (Å²) < 4.78 is 5.13. The topological polar surface area (TPSA) is 71.2 Å². The van der Waals surface area contributed by atoms with Crippen molar-refractivity contribution in [2.75, 3.05) is 13.7 Å². The second-order valence-corrected chi connectivity index (χ2v) is 6.72. The molecule has 0 bridgehead atoms. The number of H-pyrrole nitrogens is 1. The summed E-state index contributed by atoms with van der Waals surface area (Å²) in [7, 11) is 1.63. The number of rotatable bonds is 5. The molecule has 1 heterocycles. The van der Waals surface area contributed by atoms with Gasteiger partial charge in [-0.3, -0.25) is 9.59 Å². The molecule has 132 valence electrons. The summed E-state index contributed by atoms with van der Waals surface area (Å²) in [5.41, 5.74) is 3.10. The van der Waals surface area contributed by atoms with Gasteiger partial charge in [-0.25, -0.2) is 0 Å². The number of ether oxygens (including phenoxy) is 1. The van der Waals surface area contributed by atoms with Crippen LogP contribution in [0.25, 0.3) is 0 Å². The lowest BCUT2D eigenvalue weighted by molar-refractivity contribution is 0.0952. The van der Waals surface area contributed by atoms with Crippen molar-refractivity contribution in [3.63, 3.8) is 0 Å². The maximum atomic E-state index is 12.4. The summed E-state index contributed by atoms with van der Waals surface area (Å²) in [6.07, 6.45) is 3.58. The molecule has 0 saturated heterocycles. The fraction of sp³-hybridized carbons (Fsp3) is 0.400. The summed E-state index contributed by atoms with van der Waals surface area (Å²) in [6.45, 7) is 2.68. The molecule has 3 rings (SSSR count). The van der Waals surface area contributed by atoms with Gasteiger partial charge in [0.2, 0.25) is 0 Å². The summed E-state index contributed by atoms with van der Waals surface area (Å²) in [4.78, 5) is 27.4. The van der Waals surface area contributed by atoms with Gasteiger partial charge >= 0.3 is 0 Å². The van der Waals surface area contributed by atoms with E-state index < -0.39 is 0 Å². The summed E-state index contributed by atoms with van der Waals surface area (Å²) in [5.74, 6) is 1.09. The van der Waals surface area contributed by atoms with Gasteiger partial charge in [0.25, 0.3) is 11.5 Å². The van der Waals surface area contributed by atoms with Gasteiger partial charge in [-0.2, -0.15) is 0 Å². The Bertz CT molecular complexity index is 809. The van der Waals surface area contributed by atoms with E-state index in [1.165, 1.54) is 0 Å². The Labute approximate surface area is 147 Å². The van der Waals surface area contributed by atoms with E-state index in [0.717, 1.165) is 41.8 Å². The van der Waals surface area contributed by atoms with Crippen molar-refractivity contribution in [3.8, 4) is 5.75 Å². The van der Waals surface area contributed by atoms with Gasteiger partial charge in [-0.05, 0) is 60.9 Å². The number of carbonyl (C=O) groups excluding carboxylic acids is 1. The highest BCUT2D eigenvalue weighted by molar-refractivity contribution is 5.94. The lowest BCUT2D eigenvalue weighted by atomic mass is 9.87. The summed E-state index contributed by atoms with van der Waals surface area (Å²) >= 11 is 0. The molecule has 0 spiro atoms. The molecular formula is C20H24N2O3. The van der Waals surface area contributed by atoms with Crippen LogP contribution in [0.1, 0.15) is 40.5 Å². The third-order valence-electron chi connectivity index (χ3n) is 4.77. The third-order valence-corrected chi connectivity index (χ3v) is 4.77. The molecule has 5 nitrogen and oxygen atoms in total. The molecule has 5 heteroatoms. The van der Waals surface area contributed by atoms with E-state index in [-0.39, 0.29) is 17.0 Å². The molecule has 0 saturated carbocycles. The van der Waals surface area contributed by atoms with Crippen LogP contribution in [-0.4, -0.2) is 24.5 Å². The molecule has 1 aliphatic rings. The highest BCUT2D eigenvalue weighted by Crippen LogP contribution is 2.23. The fourth-order valence-electron chi connectivity index (χ4n) is 3.26. The number of aryl methyl sites for hydroxylation is 1. The van der Waals surface area contributed by atoms with Crippen LogP contribution in [0.4, 0.5) is 0 Å². The van der Waals surface area contributed by atoms with Gasteiger partial charge < -0.3 is 15.0 Å². The minimum atomic E-state index is -0.309. The van der Waals surface area contributed by atoms with Gasteiger partial charge in [-0.15, -0.1) is 0 Å². The number of aromatic amines is 1. The van der Waals surface area contributed by atoms with Crippen molar-refractivity contribution in [2.24, 2.45) is 5.92 Å². The van der Waals surface area contributed by atoms with E-state index in [0.29, 0.717) is 18.9 Å². The van der Waals surface area contributed by atoms with Crippen LogP contribution in [-0.2, 0) is 19.3 Å². The predicted molar refractivity (Wildman–Crippen MR) is 97.3 cm³/mol. The molecule has 0 aliphatic heterocycles. The molecule has 1 aromatic heterocycles. The standard InChI is InChI=1S/C20H24N2O3/c1-13-3-8-18-15(11-13)12-17(20(24)22-18)19(23)21-10-9-14-4-6-16(25-2)7-5-14/h4-7,12-13H,3,8-11H2,1-2H3,(H,21,23)(H,22,24)/t13-/m0/s1. The molecule has 1 atom stereocenters. The van der Waals surface area contributed by atoms with Crippen molar-refractivity contribution < 1.29 is 9.53 Å². The van der Waals surface area contributed by atoms with E-state index >= 15 is 0 Å². The molecule has 2 aromatic rings. The van der Waals surface area contributed by atoms with Crippen molar-refractivity contribution in [1.82, 2.24) is 10.3 Å². The number of pyridine rings is 1. The van der Waals surface area contributed by atoms with Gasteiger partial charge in [0.1, 0.15) is 11.3 Å². The average Bonchev–Trinajstić information content (AvgIpc) is 2.62. The monoisotopic (exact) mass is 340 g/mol. The van der Waals surface area contributed by atoms with Crippen molar-refractivity contribution in [3.05, 3.63) is 63.1 Å². The number of amides is 1. The van der Waals surface area contributed by atoms with E-state index in [1.54, 1.807) is 13.2 Å². The number of aromatic nitrogens is 1.